The number of nitrogens with zero attached hydrogens (tertiary/aromatic N) is 2. The summed E-state index contributed by atoms with van der Waals surface area (Å²) in [6.07, 6.45) is 2.53. The topological polar surface area (TPSA) is 26.7 Å². The van der Waals surface area contributed by atoms with Crippen molar-refractivity contribution >= 4 is 21.6 Å². The van der Waals surface area contributed by atoms with Gasteiger partial charge in [-0.25, -0.2) is 0 Å². The molecule has 1 fully saturated rings. The number of aliphatic hydroxyl groups excluding tert-OH is 1. The Balaban J connectivity index is 2.03. The summed E-state index contributed by atoms with van der Waals surface area (Å²) in [4.78, 5) is 4.68. The number of hydrogen-bond acceptors (Lipinski definition) is 3. The van der Waals surface area contributed by atoms with Crippen LogP contribution in [0.15, 0.2) is 22.7 Å². The fraction of sp³-hybridized carbons (Fsp3) is 0.600. The van der Waals surface area contributed by atoms with E-state index in [2.05, 4.69) is 45.9 Å². The van der Waals surface area contributed by atoms with E-state index in [-0.39, 0.29) is 6.61 Å². The molecule has 0 unspecified atom stereocenters. The van der Waals surface area contributed by atoms with Crippen LogP contribution in [-0.4, -0.2) is 43.7 Å². The normalized spacial score (nSPS) is 17.7. The molecule has 2 rings (SSSR count). The third-order valence-electron chi connectivity index (χ3n) is 4.00. The van der Waals surface area contributed by atoms with Crippen LogP contribution in [0.1, 0.15) is 18.4 Å². The number of aliphatic hydroxyl groups is 1. The molecule has 1 aliphatic heterocycles. The number of piperidine rings is 1. The maximum atomic E-state index is 9.45. The van der Waals surface area contributed by atoms with E-state index in [0.29, 0.717) is 0 Å². The molecule has 0 atom stereocenters. The highest BCUT2D eigenvalue weighted by molar-refractivity contribution is 9.10. The van der Waals surface area contributed by atoms with Crippen molar-refractivity contribution in [1.29, 1.82) is 0 Å². The highest BCUT2D eigenvalue weighted by Crippen LogP contribution is 2.27. The standard InChI is InChI=1S/C15H23BrN2O/c1-17-7-5-12(6-8-17)10-18(2)15-9-14(16)4-3-13(15)11-19/h3-4,9,12,19H,5-8,10-11H2,1-2H3. The van der Waals surface area contributed by atoms with Gasteiger partial charge < -0.3 is 14.9 Å². The molecule has 0 spiro atoms. The quantitative estimate of drug-likeness (QED) is 0.921. The van der Waals surface area contributed by atoms with Crippen LogP contribution in [0.4, 0.5) is 5.69 Å². The fourth-order valence-corrected chi connectivity index (χ4v) is 3.11. The number of benzene rings is 1. The lowest BCUT2D eigenvalue weighted by Gasteiger charge is -2.33. The van der Waals surface area contributed by atoms with Gasteiger partial charge in [0.25, 0.3) is 0 Å². The first-order valence-corrected chi connectivity index (χ1v) is 7.68. The molecule has 1 aromatic carbocycles. The van der Waals surface area contributed by atoms with Crippen molar-refractivity contribution in [2.75, 3.05) is 38.6 Å². The lowest BCUT2D eigenvalue weighted by atomic mass is 9.96. The van der Waals surface area contributed by atoms with Gasteiger partial charge in [-0.05, 0) is 51.0 Å². The number of likely N-dealkylation sites (tertiary alicyclic amines) is 1. The molecule has 1 N–H and O–H groups in total. The molecule has 1 aromatic rings. The number of hydrogen-bond donors (Lipinski definition) is 1. The van der Waals surface area contributed by atoms with Crippen LogP contribution >= 0.6 is 15.9 Å². The van der Waals surface area contributed by atoms with E-state index in [0.717, 1.165) is 28.2 Å². The third kappa shape index (κ3) is 3.94. The van der Waals surface area contributed by atoms with E-state index in [9.17, 15) is 5.11 Å². The van der Waals surface area contributed by atoms with Crippen LogP contribution < -0.4 is 4.90 Å². The smallest absolute Gasteiger partial charge is 0.0702 e. The Morgan fingerprint density at radius 3 is 2.68 bits per heavy atom. The monoisotopic (exact) mass is 326 g/mol. The van der Waals surface area contributed by atoms with E-state index in [1.165, 1.54) is 25.9 Å². The van der Waals surface area contributed by atoms with Crippen LogP contribution in [0.3, 0.4) is 0 Å². The van der Waals surface area contributed by atoms with Gasteiger partial charge in [0.2, 0.25) is 0 Å². The average molecular weight is 327 g/mol. The summed E-state index contributed by atoms with van der Waals surface area (Å²) < 4.78 is 1.06. The van der Waals surface area contributed by atoms with E-state index in [1.807, 2.05) is 12.1 Å². The predicted molar refractivity (Wildman–Crippen MR) is 83.6 cm³/mol. The molecular weight excluding hydrogens is 304 g/mol. The van der Waals surface area contributed by atoms with Gasteiger partial charge in [-0.1, -0.05) is 22.0 Å². The van der Waals surface area contributed by atoms with Crippen molar-refractivity contribution in [3.8, 4) is 0 Å². The first-order valence-electron chi connectivity index (χ1n) is 6.89. The van der Waals surface area contributed by atoms with Gasteiger partial charge in [0.15, 0.2) is 0 Å². The maximum absolute atomic E-state index is 9.45. The van der Waals surface area contributed by atoms with Gasteiger partial charge in [0.1, 0.15) is 0 Å². The third-order valence-corrected chi connectivity index (χ3v) is 4.49. The second-order valence-corrected chi connectivity index (χ2v) is 6.47. The lowest BCUT2D eigenvalue weighted by molar-refractivity contribution is 0.222. The van der Waals surface area contributed by atoms with Crippen molar-refractivity contribution in [3.63, 3.8) is 0 Å². The van der Waals surface area contributed by atoms with Gasteiger partial charge in [0, 0.05) is 29.3 Å². The minimum Gasteiger partial charge on any atom is -0.392 e. The zero-order valence-electron chi connectivity index (χ0n) is 11.8. The molecule has 0 aliphatic carbocycles. The van der Waals surface area contributed by atoms with Gasteiger partial charge in [-0.3, -0.25) is 0 Å². The minimum atomic E-state index is 0.0976. The van der Waals surface area contributed by atoms with Crippen molar-refractivity contribution in [2.45, 2.75) is 19.4 Å². The Morgan fingerprint density at radius 1 is 1.37 bits per heavy atom. The van der Waals surface area contributed by atoms with Gasteiger partial charge in [-0.15, -0.1) is 0 Å². The van der Waals surface area contributed by atoms with Gasteiger partial charge in [0.05, 0.1) is 6.61 Å². The van der Waals surface area contributed by atoms with Crippen molar-refractivity contribution in [3.05, 3.63) is 28.2 Å². The fourth-order valence-electron chi connectivity index (χ4n) is 2.76. The SMILES string of the molecule is CN1CCC(CN(C)c2cc(Br)ccc2CO)CC1. The van der Waals surface area contributed by atoms with Crippen LogP contribution in [0, 0.1) is 5.92 Å². The lowest BCUT2D eigenvalue weighted by Crippen LogP contribution is -2.36. The number of halogens is 1. The van der Waals surface area contributed by atoms with Crippen molar-refractivity contribution < 1.29 is 5.11 Å². The zero-order valence-corrected chi connectivity index (χ0v) is 13.4. The molecule has 0 amide bonds. The molecule has 106 valence electrons. The molecule has 4 heteroatoms. The van der Waals surface area contributed by atoms with E-state index in [1.54, 1.807) is 0 Å². The number of rotatable bonds is 4. The summed E-state index contributed by atoms with van der Waals surface area (Å²) in [6, 6.07) is 6.07. The van der Waals surface area contributed by atoms with Gasteiger partial charge >= 0.3 is 0 Å². The van der Waals surface area contributed by atoms with Crippen LogP contribution in [0.2, 0.25) is 0 Å². The van der Waals surface area contributed by atoms with Crippen LogP contribution in [0.5, 0.6) is 0 Å². The first-order chi connectivity index (χ1) is 9.10. The Kier molecular flexibility index (Phi) is 5.25. The summed E-state index contributed by atoms with van der Waals surface area (Å²) in [7, 11) is 4.32. The molecule has 0 radical (unpaired) electrons. The molecule has 1 aliphatic rings. The molecule has 3 nitrogen and oxygen atoms in total. The van der Waals surface area contributed by atoms with Gasteiger partial charge in [-0.2, -0.15) is 0 Å². The molecular formula is C15H23BrN2O. The van der Waals surface area contributed by atoms with Crippen molar-refractivity contribution in [1.82, 2.24) is 4.90 Å². The predicted octanol–water partition coefficient (Wildman–Crippen LogP) is 2.72. The second-order valence-electron chi connectivity index (χ2n) is 5.56. The average Bonchev–Trinajstić information content (AvgIpc) is 2.41. The highest BCUT2D eigenvalue weighted by Gasteiger charge is 2.19. The molecule has 1 saturated heterocycles. The van der Waals surface area contributed by atoms with E-state index >= 15 is 0 Å². The molecule has 1 heterocycles. The largest absolute Gasteiger partial charge is 0.392 e. The second kappa shape index (κ2) is 6.73. The summed E-state index contributed by atoms with van der Waals surface area (Å²) in [6.45, 7) is 3.56. The maximum Gasteiger partial charge on any atom is 0.0702 e. The van der Waals surface area contributed by atoms with Crippen LogP contribution in [0.25, 0.3) is 0 Å². The first kappa shape index (κ1) is 14.8. The number of anilines is 1. The Morgan fingerprint density at radius 2 is 2.05 bits per heavy atom. The van der Waals surface area contributed by atoms with E-state index < -0.39 is 0 Å². The zero-order chi connectivity index (χ0) is 13.8. The molecule has 0 saturated carbocycles. The molecule has 0 bridgehead atoms. The summed E-state index contributed by atoms with van der Waals surface area (Å²) in [5, 5.41) is 9.45. The highest BCUT2D eigenvalue weighted by atomic mass is 79.9. The minimum absolute atomic E-state index is 0.0976. The Hall–Kier alpha value is -0.580. The Labute approximate surface area is 124 Å². The summed E-state index contributed by atoms with van der Waals surface area (Å²) >= 11 is 3.51. The Bertz CT molecular complexity index is 417. The molecule has 0 aromatic heterocycles. The van der Waals surface area contributed by atoms with Crippen LogP contribution in [-0.2, 0) is 6.61 Å². The summed E-state index contributed by atoms with van der Waals surface area (Å²) in [5.74, 6) is 0.756. The van der Waals surface area contributed by atoms with Crippen molar-refractivity contribution in [2.24, 2.45) is 5.92 Å². The summed E-state index contributed by atoms with van der Waals surface area (Å²) in [5.41, 5.74) is 2.13. The van der Waals surface area contributed by atoms with E-state index in [4.69, 9.17) is 0 Å². The molecule has 19 heavy (non-hydrogen) atoms.